The molecule has 1 saturated heterocycles. The number of nitrogens with zero attached hydrogens (tertiary/aromatic N) is 4. The maximum Gasteiger partial charge on any atom is 0.181 e. The monoisotopic (exact) mass is 470 g/mol. The number of nitrogen functional groups attached to an aromatic ring is 1. The number of halogens is 3. The summed E-state index contributed by atoms with van der Waals surface area (Å²) < 4.78 is 30.4. The Labute approximate surface area is 191 Å². The van der Waals surface area contributed by atoms with E-state index in [0.717, 1.165) is 17.9 Å². The second-order valence-corrected chi connectivity index (χ2v) is 9.14. The number of hydrogen-bond donors (Lipinski definition) is 2. The maximum absolute atomic E-state index is 15.9. The minimum atomic E-state index is -0.652. The summed E-state index contributed by atoms with van der Waals surface area (Å²) in [7, 11) is 0. The molecule has 2 aromatic carbocycles. The number of fused-ring (bicyclic) bond motifs is 2. The van der Waals surface area contributed by atoms with E-state index in [1.54, 1.807) is 6.07 Å². The van der Waals surface area contributed by atoms with E-state index >= 15 is 4.39 Å². The van der Waals surface area contributed by atoms with Gasteiger partial charge in [0.25, 0.3) is 0 Å². The zero-order chi connectivity index (χ0) is 22.6. The zero-order valence-corrected chi connectivity index (χ0v) is 18.5. The highest BCUT2D eigenvalue weighted by molar-refractivity contribution is 7.22. The summed E-state index contributed by atoms with van der Waals surface area (Å²) in [6.07, 6.45) is 1.38. The SMILES string of the molecule is CC1CN(c2c(C#N)cnc3c(F)c(-c4ccc(F)c5sc(N)nc45)c(Cl)cc23)CCN1. The number of nitriles is 1. The lowest BCUT2D eigenvalue weighted by Crippen LogP contribution is -2.49. The van der Waals surface area contributed by atoms with E-state index in [-0.39, 0.29) is 37.5 Å². The van der Waals surface area contributed by atoms with Crippen molar-refractivity contribution in [2.45, 2.75) is 13.0 Å². The number of nitrogens with one attached hydrogen (secondary N) is 1. The average Bonchev–Trinajstić information content (AvgIpc) is 3.17. The van der Waals surface area contributed by atoms with Crippen LogP contribution >= 0.6 is 22.9 Å². The average molecular weight is 471 g/mol. The first-order valence-electron chi connectivity index (χ1n) is 9.93. The summed E-state index contributed by atoms with van der Waals surface area (Å²) >= 11 is 7.59. The Morgan fingerprint density at radius 2 is 2.16 bits per heavy atom. The molecule has 0 saturated carbocycles. The van der Waals surface area contributed by atoms with Crippen LogP contribution in [0.1, 0.15) is 12.5 Å². The first kappa shape index (κ1) is 20.8. The van der Waals surface area contributed by atoms with Gasteiger partial charge in [-0.1, -0.05) is 22.9 Å². The molecule has 1 aliphatic rings. The van der Waals surface area contributed by atoms with Gasteiger partial charge in [-0.2, -0.15) is 5.26 Å². The van der Waals surface area contributed by atoms with Crippen LogP contribution in [0.3, 0.4) is 0 Å². The lowest BCUT2D eigenvalue weighted by molar-refractivity contribution is 0.485. The van der Waals surface area contributed by atoms with Crippen molar-refractivity contribution in [3.05, 3.63) is 46.6 Å². The van der Waals surface area contributed by atoms with E-state index in [1.807, 2.05) is 6.92 Å². The Bertz CT molecular complexity index is 1430. The fourth-order valence-corrected chi connectivity index (χ4v) is 5.31. The number of pyridine rings is 1. The lowest BCUT2D eigenvalue weighted by Gasteiger charge is -2.34. The first-order valence-corrected chi connectivity index (χ1v) is 11.1. The molecule has 4 aromatic rings. The van der Waals surface area contributed by atoms with Crippen molar-refractivity contribution in [1.29, 1.82) is 5.26 Å². The van der Waals surface area contributed by atoms with Gasteiger partial charge in [-0.3, -0.25) is 4.98 Å². The molecule has 0 bridgehead atoms. The molecule has 0 spiro atoms. The van der Waals surface area contributed by atoms with Crippen LogP contribution in [0.4, 0.5) is 19.6 Å². The number of nitrogens with two attached hydrogens (primary N) is 1. The van der Waals surface area contributed by atoms with Crippen LogP contribution in [0.15, 0.2) is 24.4 Å². The third-order valence-electron chi connectivity index (χ3n) is 5.61. The van der Waals surface area contributed by atoms with E-state index in [9.17, 15) is 9.65 Å². The molecule has 3 heterocycles. The lowest BCUT2D eigenvalue weighted by atomic mass is 9.99. The van der Waals surface area contributed by atoms with Crippen molar-refractivity contribution < 1.29 is 8.78 Å². The molecule has 1 aliphatic heterocycles. The second kappa shape index (κ2) is 7.81. The van der Waals surface area contributed by atoms with Crippen LogP contribution in [-0.2, 0) is 0 Å². The second-order valence-electron chi connectivity index (χ2n) is 7.70. The predicted octanol–water partition coefficient (Wildman–Crippen LogP) is 4.70. The smallest absolute Gasteiger partial charge is 0.181 e. The Balaban J connectivity index is 1.79. The van der Waals surface area contributed by atoms with Crippen LogP contribution in [0.25, 0.3) is 32.2 Å². The number of aromatic nitrogens is 2. The van der Waals surface area contributed by atoms with Gasteiger partial charge in [-0.15, -0.1) is 0 Å². The molecule has 0 radical (unpaired) electrons. The third-order valence-corrected chi connectivity index (χ3v) is 6.80. The molecule has 3 N–H and O–H groups in total. The minimum absolute atomic E-state index is 0.0753. The van der Waals surface area contributed by atoms with Crippen LogP contribution in [-0.4, -0.2) is 35.6 Å². The Morgan fingerprint density at radius 3 is 2.91 bits per heavy atom. The van der Waals surface area contributed by atoms with Gasteiger partial charge in [0.05, 0.1) is 26.5 Å². The van der Waals surface area contributed by atoms with Crippen molar-refractivity contribution >= 4 is 54.9 Å². The minimum Gasteiger partial charge on any atom is -0.375 e. The van der Waals surface area contributed by atoms with Gasteiger partial charge in [0, 0.05) is 48.4 Å². The van der Waals surface area contributed by atoms with Gasteiger partial charge >= 0.3 is 0 Å². The molecule has 162 valence electrons. The van der Waals surface area contributed by atoms with Crippen molar-refractivity contribution in [3.8, 4) is 17.2 Å². The van der Waals surface area contributed by atoms with Gasteiger partial charge in [0.15, 0.2) is 10.9 Å². The van der Waals surface area contributed by atoms with E-state index in [2.05, 4.69) is 26.3 Å². The van der Waals surface area contributed by atoms with Crippen molar-refractivity contribution in [3.63, 3.8) is 0 Å². The zero-order valence-electron chi connectivity index (χ0n) is 16.9. The fourth-order valence-electron chi connectivity index (χ4n) is 4.25. The molecule has 1 atom stereocenters. The molecule has 2 aromatic heterocycles. The molecule has 10 heteroatoms. The number of anilines is 2. The molecule has 1 fully saturated rings. The fraction of sp³-hybridized carbons (Fsp3) is 0.227. The van der Waals surface area contributed by atoms with Crippen molar-refractivity contribution in [1.82, 2.24) is 15.3 Å². The highest BCUT2D eigenvalue weighted by Crippen LogP contribution is 2.43. The van der Waals surface area contributed by atoms with Crippen molar-refractivity contribution in [2.75, 3.05) is 30.3 Å². The van der Waals surface area contributed by atoms with Gasteiger partial charge < -0.3 is 16.0 Å². The summed E-state index contributed by atoms with van der Waals surface area (Å²) in [6.45, 7) is 4.11. The summed E-state index contributed by atoms with van der Waals surface area (Å²) in [4.78, 5) is 10.5. The predicted molar refractivity (Wildman–Crippen MR) is 124 cm³/mol. The molecule has 1 unspecified atom stereocenters. The Hall–Kier alpha value is -3.06. The van der Waals surface area contributed by atoms with Gasteiger partial charge in [0.1, 0.15) is 17.4 Å². The topological polar surface area (TPSA) is 90.9 Å². The van der Waals surface area contributed by atoms with Crippen molar-refractivity contribution in [2.24, 2.45) is 0 Å². The first-order chi connectivity index (χ1) is 15.4. The number of hydrogen-bond acceptors (Lipinski definition) is 7. The highest BCUT2D eigenvalue weighted by Gasteiger charge is 2.26. The van der Waals surface area contributed by atoms with Crippen LogP contribution in [0.5, 0.6) is 0 Å². The molecule has 5 rings (SSSR count). The van der Waals surface area contributed by atoms with E-state index < -0.39 is 11.6 Å². The molecule has 6 nitrogen and oxygen atoms in total. The van der Waals surface area contributed by atoms with E-state index in [0.29, 0.717) is 35.3 Å². The largest absolute Gasteiger partial charge is 0.375 e. The van der Waals surface area contributed by atoms with Gasteiger partial charge in [0.2, 0.25) is 0 Å². The Morgan fingerprint density at radius 1 is 1.34 bits per heavy atom. The molecular formula is C22H17ClF2N6S. The van der Waals surface area contributed by atoms with Crippen LogP contribution in [0, 0.1) is 23.0 Å². The molecular weight excluding hydrogens is 454 g/mol. The summed E-state index contributed by atoms with van der Waals surface area (Å²) in [6, 6.07) is 6.68. The van der Waals surface area contributed by atoms with Crippen LogP contribution in [0.2, 0.25) is 5.02 Å². The van der Waals surface area contributed by atoms with Gasteiger partial charge in [-0.25, -0.2) is 13.8 Å². The standard InChI is InChI=1S/C22H17ClF2N6S/c1-10-9-31(5-4-28-10)20-11(7-26)8-29-18-13(20)6-14(23)16(17(18)25)12-2-3-15(24)21-19(12)30-22(27)32-21/h2-3,6,8,10,28H,4-5,9H2,1H3,(H2,27,30). The quantitative estimate of drug-likeness (QED) is 0.441. The maximum atomic E-state index is 15.9. The van der Waals surface area contributed by atoms with Crippen LogP contribution < -0.4 is 16.0 Å². The van der Waals surface area contributed by atoms with E-state index in [4.69, 9.17) is 17.3 Å². The third kappa shape index (κ3) is 3.23. The number of piperazine rings is 1. The molecule has 32 heavy (non-hydrogen) atoms. The number of thiazole rings is 1. The highest BCUT2D eigenvalue weighted by atomic mass is 35.5. The normalized spacial score (nSPS) is 16.6. The molecule has 0 aliphatic carbocycles. The van der Waals surface area contributed by atoms with Gasteiger partial charge in [-0.05, 0) is 25.1 Å². The summed E-state index contributed by atoms with van der Waals surface area (Å²) in [5.74, 6) is -1.14. The van der Waals surface area contributed by atoms with E-state index in [1.165, 1.54) is 18.3 Å². The number of benzene rings is 2. The Kier molecular flexibility index (Phi) is 5.08. The molecule has 0 amide bonds. The summed E-state index contributed by atoms with van der Waals surface area (Å²) in [5.41, 5.74) is 7.49. The summed E-state index contributed by atoms with van der Waals surface area (Å²) in [5, 5.41) is 13.8. The number of rotatable bonds is 2.